The van der Waals surface area contributed by atoms with Crippen molar-refractivity contribution in [3.63, 3.8) is 0 Å². The Morgan fingerprint density at radius 3 is 2.49 bits per heavy atom. The van der Waals surface area contributed by atoms with Crippen LogP contribution >= 0.6 is 23.1 Å². The van der Waals surface area contributed by atoms with Crippen LogP contribution in [0.25, 0.3) is 0 Å². The van der Waals surface area contributed by atoms with Crippen molar-refractivity contribution in [3.05, 3.63) is 74.5 Å². The van der Waals surface area contributed by atoms with Crippen molar-refractivity contribution in [2.24, 2.45) is 29.6 Å². The zero-order valence-electron chi connectivity index (χ0n) is 22.9. The van der Waals surface area contributed by atoms with Crippen LogP contribution in [0.2, 0.25) is 0 Å². The summed E-state index contributed by atoms with van der Waals surface area (Å²) in [6.07, 6.45) is 0.751. The Hall–Kier alpha value is -3.48. The zero-order valence-corrected chi connectivity index (χ0v) is 24.6. The minimum atomic E-state index is -0.472. The van der Waals surface area contributed by atoms with Crippen molar-refractivity contribution in [3.8, 4) is 5.75 Å². The highest BCUT2D eigenvalue weighted by Gasteiger charge is 2.69. The summed E-state index contributed by atoms with van der Waals surface area (Å²) in [4.78, 5) is 60.0. The highest BCUT2D eigenvalue weighted by Crippen LogP contribution is 2.69. The number of morpholine rings is 1. The molecule has 1 N–H and O–H groups in total. The lowest BCUT2D eigenvalue weighted by Gasteiger charge is -2.43. The predicted molar refractivity (Wildman–Crippen MR) is 157 cm³/mol. The first-order valence-corrected chi connectivity index (χ1v) is 16.2. The molecule has 1 aromatic heterocycles. The number of H-pyrrole nitrogens is 1. The van der Waals surface area contributed by atoms with Gasteiger partial charge in [-0.3, -0.25) is 24.1 Å². The standard InChI is InChI=1S/C31H28FN3O6S2/c32-15-5-7-16(8-6-15)35-29(37)24-18-13-19(25(24)30(35)38)26-23(18)22(27-28(42-26)33-31(39)43-27)17-3-1-2-4-20(17)41-14-21(36)34-9-11-40-12-10-34/h1-8,18-19,22-26H,9-14H2,(H,33,39)/t18?,19?,22-,23?,24?,25?,26?/m1/s1. The van der Waals surface area contributed by atoms with Crippen molar-refractivity contribution < 1.29 is 28.2 Å². The molecule has 0 radical (unpaired) electrons. The normalized spacial score (nSPS) is 30.8. The van der Waals surface area contributed by atoms with Gasteiger partial charge in [0, 0.05) is 34.7 Å². The van der Waals surface area contributed by atoms with E-state index < -0.39 is 17.7 Å². The van der Waals surface area contributed by atoms with Gasteiger partial charge in [0.2, 0.25) is 11.8 Å². The molecule has 7 atom stereocenters. The van der Waals surface area contributed by atoms with E-state index >= 15 is 0 Å². The molecule has 9 nitrogen and oxygen atoms in total. The molecule has 8 rings (SSSR count). The zero-order chi connectivity index (χ0) is 29.4. The fourth-order valence-corrected chi connectivity index (χ4v) is 11.0. The van der Waals surface area contributed by atoms with Crippen molar-refractivity contribution in [2.75, 3.05) is 37.8 Å². The number of anilines is 1. The third-order valence-corrected chi connectivity index (χ3v) is 12.4. The van der Waals surface area contributed by atoms with Gasteiger partial charge < -0.3 is 19.4 Å². The molecule has 4 fully saturated rings. The second-order valence-electron chi connectivity index (χ2n) is 11.8. The van der Waals surface area contributed by atoms with Crippen molar-refractivity contribution in [1.29, 1.82) is 0 Å². The average Bonchev–Trinajstić information content (AvgIpc) is 3.76. The van der Waals surface area contributed by atoms with Gasteiger partial charge in [-0.1, -0.05) is 29.5 Å². The van der Waals surface area contributed by atoms with Gasteiger partial charge in [0.15, 0.2) is 6.61 Å². The number of thioether (sulfide) groups is 1. The van der Waals surface area contributed by atoms with Crippen molar-refractivity contribution in [2.45, 2.75) is 22.6 Å². The molecule has 2 aromatic carbocycles. The molecule has 4 heterocycles. The first-order chi connectivity index (χ1) is 20.9. The number of para-hydroxylation sites is 1. The molecule has 2 saturated heterocycles. The number of rotatable bonds is 5. The van der Waals surface area contributed by atoms with E-state index in [2.05, 4.69) is 4.98 Å². The highest BCUT2D eigenvalue weighted by atomic mass is 32.2. The number of hydrogen-bond donors (Lipinski definition) is 1. The summed E-state index contributed by atoms with van der Waals surface area (Å²) < 4.78 is 25.2. The molecule has 3 aliphatic heterocycles. The Balaban J connectivity index is 1.15. The van der Waals surface area contributed by atoms with Gasteiger partial charge in [-0.2, -0.15) is 0 Å². The molecule has 12 heteroatoms. The van der Waals surface area contributed by atoms with Crippen LogP contribution in [0.15, 0.2) is 58.4 Å². The molecule has 2 bridgehead atoms. The number of carbonyl (C=O) groups is 3. The number of nitrogens with zero attached hydrogens (tertiary/aromatic N) is 2. The predicted octanol–water partition coefficient (Wildman–Crippen LogP) is 3.49. The fourth-order valence-electron chi connectivity index (χ4n) is 8.12. The fraction of sp³-hybridized carbons (Fsp3) is 0.419. The van der Waals surface area contributed by atoms with E-state index in [0.29, 0.717) is 37.7 Å². The lowest BCUT2D eigenvalue weighted by Crippen LogP contribution is -2.43. The number of aromatic amines is 1. The third kappa shape index (κ3) is 4.21. The third-order valence-electron chi connectivity index (χ3n) is 9.78. The van der Waals surface area contributed by atoms with Crippen LogP contribution in [-0.4, -0.2) is 65.8 Å². The summed E-state index contributed by atoms with van der Waals surface area (Å²) in [5.41, 5.74) is 1.27. The number of benzene rings is 2. The number of carbonyl (C=O) groups excluding carboxylic acids is 3. The molecule has 5 aliphatic rings. The Labute approximate surface area is 254 Å². The Morgan fingerprint density at radius 2 is 1.72 bits per heavy atom. The van der Waals surface area contributed by atoms with Gasteiger partial charge >= 0.3 is 4.87 Å². The SMILES string of the molecule is O=C(COc1ccccc1[C@H]1c2sc(=O)[nH]c2SC2C3CC(C4C(=O)N(c5ccc(F)cc5)C(=O)C34)C21)N1CCOCC1. The molecule has 0 spiro atoms. The molecule has 222 valence electrons. The van der Waals surface area contributed by atoms with E-state index in [1.807, 2.05) is 24.3 Å². The first kappa shape index (κ1) is 27.1. The quantitative estimate of drug-likeness (QED) is 0.435. The van der Waals surface area contributed by atoms with Crippen molar-refractivity contribution >= 4 is 46.5 Å². The number of nitrogens with one attached hydrogen (secondary N) is 1. The summed E-state index contributed by atoms with van der Waals surface area (Å²) in [6, 6.07) is 13.1. The number of halogens is 1. The van der Waals surface area contributed by atoms with Crippen LogP contribution in [0.4, 0.5) is 10.1 Å². The van der Waals surface area contributed by atoms with Crippen LogP contribution in [0, 0.1) is 35.4 Å². The van der Waals surface area contributed by atoms with E-state index in [0.717, 1.165) is 21.9 Å². The minimum absolute atomic E-state index is 0.0141. The largest absolute Gasteiger partial charge is 0.483 e. The number of hydrogen-bond acceptors (Lipinski definition) is 8. The number of imide groups is 1. The van der Waals surface area contributed by atoms with E-state index in [-0.39, 0.29) is 58.1 Å². The number of thiazole rings is 1. The van der Waals surface area contributed by atoms with Gasteiger partial charge in [-0.25, -0.2) is 4.39 Å². The number of fused-ring (bicyclic) bond motifs is 9. The van der Waals surface area contributed by atoms with Crippen LogP contribution < -0.4 is 14.5 Å². The first-order valence-electron chi connectivity index (χ1n) is 14.5. The molecular weight excluding hydrogens is 593 g/mol. The second kappa shape index (κ2) is 10.3. The maximum absolute atomic E-state index is 13.9. The highest BCUT2D eigenvalue weighted by molar-refractivity contribution is 8.00. The smallest absolute Gasteiger partial charge is 0.305 e. The summed E-state index contributed by atoms with van der Waals surface area (Å²) in [5.74, 6) is -1.70. The number of aromatic nitrogens is 1. The van der Waals surface area contributed by atoms with Crippen LogP contribution in [0.5, 0.6) is 5.75 Å². The number of ether oxygens (including phenoxy) is 2. The molecule has 43 heavy (non-hydrogen) atoms. The van der Waals surface area contributed by atoms with Crippen molar-refractivity contribution in [1.82, 2.24) is 9.88 Å². The van der Waals surface area contributed by atoms with Gasteiger partial charge in [-0.05, 0) is 54.5 Å². The van der Waals surface area contributed by atoms with Gasteiger partial charge in [0.25, 0.3) is 5.91 Å². The summed E-state index contributed by atoms with van der Waals surface area (Å²) >= 11 is 2.79. The van der Waals surface area contributed by atoms with Gasteiger partial charge in [0.05, 0.1) is 35.8 Å². The molecule has 6 unspecified atom stereocenters. The summed E-state index contributed by atoms with van der Waals surface area (Å²) in [6.45, 7) is 1.96. The number of amides is 3. The molecule has 2 saturated carbocycles. The second-order valence-corrected chi connectivity index (χ2v) is 14.0. The molecular formula is C31H28FN3O6S2. The van der Waals surface area contributed by atoms with Crippen LogP contribution in [0.1, 0.15) is 22.8 Å². The molecule has 3 amide bonds. The Morgan fingerprint density at radius 1 is 1.00 bits per heavy atom. The van der Waals surface area contributed by atoms with E-state index in [4.69, 9.17) is 9.47 Å². The lowest BCUT2D eigenvalue weighted by molar-refractivity contribution is -0.137. The van der Waals surface area contributed by atoms with Crippen LogP contribution in [-0.2, 0) is 19.1 Å². The van der Waals surface area contributed by atoms with E-state index in [1.54, 1.807) is 16.7 Å². The Kier molecular flexibility index (Phi) is 6.50. The minimum Gasteiger partial charge on any atom is -0.483 e. The maximum atomic E-state index is 13.9. The topological polar surface area (TPSA) is 109 Å². The molecule has 3 aromatic rings. The molecule has 2 aliphatic carbocycles. The van der Waals surface area contributed by atoms with Crippen LogP contribution in [0.3, 0.4) is 0 Å². The van der Waals surface area contributed by atoms with E-state index in [1.165, 1.54) is 40.5 Å². The monoisotopic (exact) mass is 621 g/mol. The van der Waals surface area contributed by atoms with E-state index in [9.17, 15) is 23.6 Å². The summed E-state index contributed by atoms with van der Waals surface area (Å²) in [5, 5.41) is 0.818. The van der Waals surface area contributed by atoms with Gasteiger partial charge in [-0.15, -0.1) is 11.8 Å². The summed E-state index contributed by atoms with van der Waals surface area (Å²) in [7, 11) is 0. The van der Waals surface area contributed by atoms with Gasteiger partial charge in [0.1, 0.15) is 11.6 Å². The average molecular weight is 622 g/mol. The lowest BCUT2D eigenvalue weighted by atomic mass is 9.68. The maximum Gasteiger partial charge on any atom is 0.305 e. The Bertz CT molecular complexity index is 1680.